The molecule has 0 amide bonds. The maximum absolute atomic E-state index is 13.8. The number of rotatable bonds is 6. The second kappa shape index (κ2) is 6.60. The van der Waals surface area contributed by atoms with Crippen LogP contribution in [0.25, 0.3) is 0 Å². The van der Waals surface area contributed by atoms with Crippen LogP contribution in [0.2, 0.25) is 0 Å². The van der Waals surface area contributed by atoms with Crippen molar-refractivity contribution in [2.24, 2.45) is 5.41 Å². The summed E-state index contributed by atoms with van der Waals surface area (Å²) in [6, 6.07) is 0. The van der Waals surface area contributed by atoms with E-state index in [0.717, 1.165) is 20.8 Å². The first-order valence-electron chi connectivity index (χ1n) is 6.35. The third kappa shape index (κ3) is 4.62. The fourth-order valence-electron chi connectivity index (χ4n) is 1.20. The first-order valence-corrected chi connectivity index (χ1v) is 6.35. The van der Waals surface area contributed by atoms with E-state index in [4.69, 9.17) is 0 Å². The number of Topliss-reactive ketones (excluding diaryl/α,β-unsaturated/α-hetero) is 2. The fourth-order valence-corrected chi connectivity index (χ4v) is 1.20. The Kier molecular flexibility index (Phi) is 6.23. The fraction of sp³-hybridized carbons (Fsp3) is 0.833. The van der Waals surface area contributed by atoms with Crippen molar-refractivity contribution in [1.29, 1.82) is 0 Å². The molecule has 0 bridgehead atoms. The lowest BCUT2D eigenvalue weighted by Crippen LogP contribution is -2.61. The Morgan fingerprint density at radius 2 is 1.08 bits per heavy atom. The summed E-state index contributed by atoms with van der Waals surface area (Å²) in [5.41, 5.74) is -1.58. The monoisotopic (exact) mass is 412 g/mol. The van der Waals surface area contributed by atoms with Crippen LogP contribution >= 0.6 is 0 Å². The number of carbonyl (C=O) groups is 2. The molecule has 0 aliphatic rings. The van der Waals surface area contributed by atoms with Crippen molar-refractivity contribution < 1.29 is 62.6 Å². The van der Waals surface area contributed by atoms with Gasteiger partial charge in [-0.2, -0.15) is 48.3 Å². The second-order valence-corrected chi connectivity index (χ2v) is 6.06. The molecule has 0 spiro atoms. The molecule has 14 heteroatoms. The van der Waals surface area contributed by atoms with Gasteiger partial charge in [0.1, 0.15) is 5.78 Å². The molecule has 0 radical (unpaired) electrons. The van der Waals surface area contributed by atoms with Gasteiger partial charge in [0.05, 0.1) is 6.42 Å². The molecule has 0 fully saturated rings. The average molecular weight is 412 g/mol. The third-order valence-electron chi connectivity index (χ3n) is 2.87. The first-order chi connectivity index (χ1) is 11.0. The SMILES string of the molecule is CC(C)(C)C(=O)CC(=O)C(F)(OC(F)(F)C(F)(F)C(F)(F)F)C(F)(F)F. The van der Waals surface area contributed by atoms with Crippen LogP contribution in [0.4, 0.5) is 48.3 Å². The molecule has 26 heavy (non-hydrogen) atoms. The standard InChI is InChI=1S/C12H11F11O3/c1-7(2,3)5(24)4-6(25)8(13,10(16,17)18)26-12(22,23)9(14,15)11(19,20)21/h4H2,1-3H3. The lowest BCUT2D eigenvalue weighted by molar-refractivity contribution is -0.472. The van der Waals surface area contributed by atoms with E-state index in [1.807, 2.05) is 0 Å². The molecular weight excluding hydrogens is 401 g/mol. The van der Waals surface area contributed by atoms with Crippen molar-refractivity contribution >= 4 is 11.6 Å². The highest BCUT2D eigenvalue weighted by Gasteiger charge is 2.79. The number of hydrogen-bond acceptors (Lipinski definition) is 3. The van der Waals surface area contributed by atoms with Crippen LogP contribution in [0.5, 0.6) is 0 Å². The molecule has 0 aromatic heterocycles. The van der Waals surface area contributed by atoms with Gasteiger partial charge in [-0.25, -0.2) is 0 Å². The van der Waals surface area contributed by atoms with E-state index in [1.165, 1.54) is 0 Å². The number of carbonyl (C=O) groups excluding carboxylic acids is 2. The zero-order valence-corrected chi connectivity index (χ0v) is 13.1. The Morgan fingerprint density at radius 3 is 1.35 bits per heavy atom. The summed E-state index contributed by atoms with van der Waals surface area (Å²) in [7, 11) is 0. The van der Waals surface area contributed by atoms with Gasteiger partial charge in [0.2, 0.25) is 5.78 Å². The van der Waals surface area contributed by atoms with Crippen LogP contribution in [0.1, 0.15) is 27.2 Å². The minimum absolute atomic E-state index is 1.03. The molecule has 0 aromatic rings. The molecule has 0 heterocycles. The highest BCUT2D eigenvalue weighted by Crippen LogP contribution is 2.51. The van der Waals surface area contributed by atoms with Gasteiger partial charge in [-0.3, -0.25) is 14.3 Å². The van der Waals surface area contributed by atoms with Crippen LogP contribution in [-0.2, 0) is 14.3 Å². The van der Waals surface area contributed by atoms with E-state index in [2.05, 4.69) is 4.74 Å². The number of ether oxygens (including phenoxy) is 1. The van der Waals surface area contributed by atoms with Gasteiger partial charge in [0.25, 0.3) is 0 Å². The van der Waals surface area contributed by atoms with Gasteiger partial charge in [-0.15, -0.1) is 0 Å². The summed E-state index contributed by atoms with van der Waals surface area (Å²) < 4.78 is 141. The predicted octanol–water partition coefficient (Wildman–Crippen LogP) is 4.60. The Hall–Kier alpha value is -1.47. The molecule has 1 atom stereocenters. The maximum Gasteiger partial charge on any atom is 0.462 e. The molecule has 0 N–H and O–H groups in total. The number of ketones is 2. The van der Waals surface area contributed by atoms with E-state index in [0.29, 0.717) is 0 Å². The van der Waals surface area contributed by atoms with E-state index in [9.17, 15) is 57.9 Å². The molecule has 0 rings (SSSR count). The molecule has 3 nitrogen and oxygen atoms in total. The van der Waals surface area contributed by atoms with E-state index < -0.39 is 53.6 Å². The zero-order chi connectivity index (χ0) is 21.6. The average Bonchev–Trinajstić information content (AvgIpc) is 2.33. The quantitative estimate of drug-likeness (QED) is 0.473. The molecule has 0 aliphatic carbocycles. The van der Waals surface area contributed by atoms with Crippen LogP contribution in [0.3, 0.4) is 0 Å². The van der Waals surface area contributed by atoms with Crippen LogP contribution in [-0.4, -0.2) is 41.8 Å². The smallest absolute Gasteiger partial charge is 0.299 e. The molecule has 0 aromatic carbocycles. The van der Waals surface area contributed by atoms with Crippen LogP contribution < -0.4 is 0 Å². The Labute approximate surface area is 138 Å². The summed E-state index contributed by atoms with van der Waals surface area (Å²) in [6.07, 6.45) is -23.1. The van der Waals surface area contributed by atoms with E-state index in [1.54, 1.807) is 0 Å². The second-order valence-electron chi connectivity index (χ2n) is 6.06. The van der Waals surface area contributed by atoms with Crippen molar-refractivity contribution in [3.8, 4) is 0 Å². The van der Waals surface area contributed by atoms with Gasteiger partial charge in [-0.05, 0) is 0 Å². The lowest BCUT2D eigenvalue weighted by Gasteiger charge is -2.34. The minimum Gasteiger partial charge on any atom is -0.299 e. The first kappa shape index (κ1) is 24.5. The van der Waals surface area contributed by atoms with Gasteiger partial charge in [0.15, 0.2) is 0 Å². The summed E-state index contributed by atoms with van der Waals surface area (Å²) in [5, 5.41) is 0. The van der Waals surface area contributed by atoms with E-state index >= 15 is 0 Å². The topological polar surface area (TPSA) is 43.4 Å². The lowest BCUT2D eigenvalue weighted by atomic mass is 9.87. The van der Waals surface area contributed by atoms with E-state index in [-0.39, 0.29) is 0 Å². The Balaban J connectivity index is 6.00. The molecule has 1 unspecified atom stereocenters. The molecule has 0 aliphatic heterocycles. The third-order valence-corrected chi connectivity index (χ3v) is 2.87. The minimum atomic E-state index is -7.27. The predicted molar refractivity (Wildman–Crippen MR) is 61.0 cm³/mol. The molecular formula is C12H11F11O3. The molecule has 0 saturated carbocycles. The van der Waals surface area contributed by atoms with Crippen molar-refractivity contribution in [3.63, 3.8) is 0 Å². The van der Waals surface area contributed by atoms with Gasteiger partial charge in [0, 0.05) is 5.41 Å². The number of alkyl halides is 11. The largest absolute Gasteiger partial charge is 0.462 e. The maximum atomic E-state index is 13.8. The summed E-state index contributed by atoms with van der Waals surface area (Å²) >= 11 is 0. The van der Waals surface area contributed by atoms with Crippen LogP contribution in [0, 0.1) is 5.41 Å². The Morgan fingerprint density at radius 1 is 0.692 bits per heavy atom. The normalized spacial score (nSPS) is 17.0. The van der Waals surface area contributed by atoms with Crippen molar-refractivity contribution in [3.05, 3.63) is 0 Å². The summed E-state index contributed by atoms with van der Waals surface area (Å²) in [6.45, 7) is 3.09. The van der Waals surface area contributed by atoms with Gasteiger partial charge in [-0.1, -0.05) is 20.8 Å². The highest BCUT2D eigenvalue weighted by molar-refractivity contribution is 6.04. The van der Waals surface area contributed by atoms with Gasteiger partial charge >= 0.3 is 30.2 Å². The van der Waals surface area contributed by atoms with Crippen molar-refractivity contribution in [2.75, 3.05) is 0 Å². The molecule has 154 valence electrons. The highest BCUT2D eigenvalue weighted by atomic mass is 19.4. The summed E-state index contributed by atoms with van der Waals surface area (Å²) in [4.78, 5) is 22.8. The van der Waals surface area contributed by atoms with Crippen molar-refractivity contribution in [2.45, 2.75) is 57.4 Å². The zero-order valence-electron chi connectivity index (χ0n) is 13.1. The molecule has 0 saturated heterocycles. The van der Waals surface area contributed by atoms with Gasteiger partial charge < -0.3 is 0 Å². The number of halogens is 11. The number of hydrogen-bond donors (Lipinski definition) is 0. The van der Waals surface area contributed by atoms with Crippen molar-refractivity contribution in [1.82, 2.24) is 0 Å². The Bertz CT molecular complexity index is 556. The summed E-state index contributed by atoms with van der Waals surface area (Å²) in [5.74, 6) is -18.1. The van der Waals surface area contributed by atoms with Crippen LogP contribution in [0.15, 0.2) is 0 Å².